The summed E-state index contributed by atoms with van der Waals surface area (Å²) in [5.41, 5.74) is -0.343. The third kappa shape index (κ3) is 2.57. The minimum atomic E-state index is -1.58. The van der Waals surface area contributed by atoms with E-state index in [1.165, 1.54) is 4.90 Å². The van der Waals surface area contributed by atoms with Crippen LogP contribution in [-0.2, 0) is 0 Å². The molecular weight excluding hydrogens is 245 g/mol. The Balaban J connectivity index is 2.09. The lowest BCUT2D eigenvalue weighted by molar-refractivity contribution is 0.200. The number of hydrogen-bond donors (Lipinski definition) is 1. The average Bonchev–Trinajstić information content (AvgIpc) is 2.40. The van der Waals surface area contributed by atoms with E-state index in [0.29, 0.717) is 13.1 Å². The molecule has 1 aliphatic rings. The SMILES string of the molecule is O=C(Nc1ccc(F)c(F)c1F)N1CCCCC1. The van der Waals surface area contributed by atoms with E-state index in [0.717, 1.165) is 31.4 Å². The molecule has 0 aromatic heterocycles. The number of piperidine rings is 1. The van der Waals surface area contributed by atoms with Crippen LogP contribution in [0.4, 0.5) is 23.7 Å². The van der Waals surface area contributed by atoms with Gasteiger partial charge in [-0.1, -0.05) is 0 Å². The molecule has 0 unspecified atom stereocenters. The third-order valence-corrected chi connectivity index (χ3v) is 2.92. The first kappa shape index (κ1) is 12.7. The molecule has 3 nitrogen and oxygen atoms in total. The van der Waals surface area contributed by atoms with Crippen LogP contribution >= 0.6 is 0 Å². The number of halogens is 3. The summed E-state index contributed by atoms with van der Waals surface area (Å²) in [5, 5.41) is 2.25. The maximum Gasteiger partial charge on any atom is 0.321 e. The summed E-state index contributed by atoms with van der Waals surface area (Å²) in [7, 11) is 0. The predicted molar refractivity (Wildman–Crippen MR) is 60.8 cm³/mol. The Labute approximate surface area is 103 Å². The number of carbonyl (C=O) groups is 1. The third-order valence-electron chi connectivity index (χ3n) is 2.92. The molecule has 18 heavy (non-hydrogen) atoms. The predicted octanol–water partition coefficient (Wildman–Crippen LogP) is 3.12. The first-order valence-corrected chi connectivity index (χ1v) is 5.79. The number of rotatable bonds is 1. The second-order valence-corrected chi connectivity index (χ2v) is 4.20. The Bertz CT molecular complexity index is 459. The fourth-order valence-corrected chi connectivity index (χ4v) is 1.91. The number of likely N-dealkylation sites (tertiary alicyclic amines) is 1. The van der Waals surface area contributed by atoms with Crippen molar-refractivity contribution in [3.63, 3.8) is 0 Å². The molecule has 6 heteroatoms. The van der Waals surface area contributed by atoms with E-state index in [9.17, 15) is 18.0 Å². The molecule has 98 valence electrons. The van der Waals surface area contributed by atoms with Gasteiger partial charge in [0.05, 0.1) is 5.69 Å². The van der Waals surface area contributed by atoms with E-state index in [1.807, 2.05) is 0 Å². The molecule has 0 bridgehead atoms. The maximum atomic E-state index is 13.3. The van der Waals surface area contributed by atoms with Gasteiger partial charge in [-0.05, 0) is 31.4 Å². The highest BCUT2D eigenvalue weighted by atomic mass is 19.2. The molecule has 2 rings (SSSR count). The number of carbonyl (C=O) groups excluding carboxylic acids is 1. The normalized spacial score (nSPS) is 15.6. The molecule has 0 saturated carbocycles. The van der Waals surface area contributed by atoms with Crippen molar-refractivity contribution in [1.29, 1.82) is 0 Å². The molecule has 2 amide bonds. The molecule has 1 aromatic carbocycles. The van der Waals surface area contributed by atoms with E-state index < -0.39 is 23.5 Å². The van der Waals surface area contributed by atoms with E-state index in [1.54, 1.807) is 0 Å². The number of anilines is 1. The van der Waals surface area contributed by atoms with E-state index in [4.69, 9.17) is 0 Å². The van der Waals surface area contributed by atoms with Gasteiger partial charge in [0.25, 0.3) is 0 Å². The van der Waals surface area contributed by atoms with E-state index in [-0.39, 0.29) is 5.69 Å². The minimum absolute atomic E-state index is 0.343. The standard InChI is InChI=1S/C12H13F3N2O/c13-8-4-5-9(11(15)10(8)14)16-12(18)17-6-2-1-3-7-17/h4-5H,1-3,6-7H2,(H,16,18). The number of benzene rings is 1. The van der Waals surface area contributed by atoms with E-state index >= 15 is 0 Å². The van der Waals surface area contributed by atoms with Gasteiger partial charge >= 0.3 is 6.03 Å². The highest BCUT2D eigenvalue weighted by Crippen LogP contribution is 2.20. The molecule has 1 N–H and O–H groups in total. The van der Waals surface area contributed by atoms with Gasteiger partial charge in [-0.25, -0.2) is 18.0 Å². The molecule has 1 fully saturated rings. The quantitative estimate of drug-likeness (QED) is 0.771. The summed E-state index contributed by atoms with van der Waals surface area (Å²) in [6.07, 6.45) is 2.85. The lowest BCUT2D eigenvalue weighted by Gasteiger charge is -2.26. The summed E-state index contributed by atoms with van der Waals surface area (Å²) in [4.78, 5) is 13.3. The molecule has 0 aliphatic carbocycles. The Morgan fingerprint density at radius 1 is 1.06 bits per heavy atom. The highest BCUT2D eigenvalue weighted by Gasteiger charge is 2.19. The fourth-order valence-electron chi connectivity index (χ4n) is 1.91. The van der Waals surface area contributed by atoms with Crippen LogP contribution in [0.2, 0.25) is 0 Å². The average molecular weight is 258 g/mol. The summed E-state index contributed by atoms with van der Waals surface area (Å²) >= 11 is 0. The first-order valence-electron chi connectivity index (χ1n) is 5.79. The number of hydrogen-bond acceptors (Lipinski definition) is 1. The van der Waals surface area contributed by atoms with Gasteiger partial charge in [0.2, 0.25) is 0 Å². The van der Waals surface area contributed by atoms with Crippen LogP contribution < -0.4 is 5.32 Å². The zero-order valence-corrected chi connectivity index (χ0v) is 9.68. The highest BCUT2D eigenvalue weighted by molar-refractivity contribution is 5.89. The van der Waals surface area contributed by atoms with Crippen molar-refractivity contribution in [1.82, 2.24) is 4.90 Å². The molecular formula is C12H13F3N2O. The zero-order valence-electron chi connectivity index (χ0n) is 9.68. The van der Waals surface area contributed by atoms with Crippen molar-refractivity contribution in [2.45, 2.75) is 19.3 Å². The summed E-state index contributed by atoms with van der Waals surface area (Å²) in [6.45, 7) is 1.19. The first-order chi connectivity index (χ1) is 8.59. The molecule has 0 atom stereocenters. The van der Waals surface area contributed by atoms with Crippen LogP contribution in [0.1, 0.15) is 19.3 Å². The number of nitrogens with zero attached hydrogens (tertiary/aromatic N) is 1. The van der Waals surface area contributed by atoms with Gasteiger partial charge in [-0.2, -0.15) is 0 Å². The van der Waals surface area contributed by atoms with Crippen LogP contribution in [0.3, 0.4) is 0 Å². The van der Waals surface area contributed by atoms with Gasteiger partial charge in [-0.3, -0.25) is 0 Å². The van der Waals surface area contributed by atoms with Gasteiger partial charge in [0, 0.05) is 13.1 Å². The lowest BCUT2D eigenvalue weighted by atomic mass is 10.1. The van der Waals surface area contributed by atoms with Crippen molar-refractivity contribution in [3.8, 4) is 0 Å². The van der Waals surface area contributed by atoms with Gasteiger partial charge in [0.1, 0.15) is 0 Å². The molecule has 0 radical (unpaired) electrons. The van der Waals surface area contributed by atoms with Gasteiger partial charge < -0.3 is 10.2 Å². The van der Waals surface area contributed by atoms with Crippen molar-refractivity contribution >= 4 is 11.7 Å². The Hall–Kier alpha value is -1.72. The Morgan fingerprint density at radius 2 is 1.72 bits per heavy atom. The van der Waals surface area contributed by atoms with Crippen molar-refractivity contribution < 1.29 is 18.0 Å². The smallest absolute Gasteiger partial charge is 0.321 e. The topological polar surface area (TPSA) is 32.3 Å². The Kier molecular flexibility index (Phi) is 3.74. The molecule has 1 saturated heterocycles. The van der Waals surface area contributed by atoms with Crippen LogP contribution in [0, 0.1) is 17.5 Å². The maximum absolute atomic E-state index is 13.3. The van der Waals surface area contributed by atoms with Crippen LogP contribution in [0.15, 0.2) is 12.1 Å². The lowest BCUT2D eigenvalue weighted by Crippen LogP contribution is -2.38. The van der Waals surface area contributed by atoms with Crippen LogP contribution in [-0.4, -0.2) is 24.0 Å². The molecule has 1 heterocycles. The monoisotopic (exact) mass is 258 g/mol. The minimum Gasteiger partial charge on any atom is -0.325 e. The van der Waals surface area contributed by atoms with Crippen LogP contribution in [0.25, 0.3) is 0 Å². The molecule has 1 aromatic rings. The number of nitrogens with one attached hydrogen (secondary N) is 1. The van der Waals surface area contributed by atoms with Crippen molar-refractivity contribution in [3.05, 3.63) is 29.6 Å². The zero-order chi connectivity index (χ0) is 13.1. The molecule has 1 aliphatic heterocycles. The number of urea groups is 1. The number of amides is 2. The summed E-state index contributed by atoms with van der Waals surface area (Å²) in [6, 6.07) is 1.31. The van der Waals surface area contributed by atoms with E-state index in [2.05, 4.69) is 5.32 Å². The fraction of sp³-hybridized carbons (Fsp3) is 0.417. The summed E-state index contributed by atoms with van der Waals surface area (Å²) < 4.78 is 39.0. The van der Waals surface area contributed by atoms with Gasteiger partial charge in [-0.15, -0.1) is 0 Å². The van der Waals surface area contributed by atoms with Gasteiger partial charge in [0.15, 0.2) is 17.5 Å². The van der Waals surface area contributed by atoms with Crippen LogP contribution in [0.5, 0.6) is 0 Å². The van der Waals surface area contributed by atoms with Crippen molar-refractivity contribution in [2.24, 2.45) is 0 Å². The second-order valence-electron chi connectivity index (χ2n) is 4.20. The summed E-state index contributed by atoms with van der Waals surface area (Å²) in [5.74, 6) is -4.23. The second kappa shape index (κ2) is 5.29. The largest absolute Gasteiger partial charge is 0.325 e. The van der Waals surface area contributed by atoms with Crippen molar-refractivity contribution in [2.75, 3.05) is 18.4 Å². The Morgan fingerprint density at radius 3 is 2.39 bits per heavy atom. The molecule has 0 spiro atoms.